The summed E-state index contributed by atoms with van der Waals surface area (Å²) in [5.74, 6) is -11.8. The highest BCUT2D eigenvalue weighted by molar-refractivity contribution is 4.88. The van der Waals surface area contributed by atoms with Gasteiger partial charge in [0.15, 0.2) is 0 Å². The van der Waals surface area contributed by atoms with E-state index >= 15 is 0 Å². The fourth-order valence-electron chi connectivity index (χ4n) is 0.529. The minimum Gasteiger partial charge on any atom is -0.203 e. The molecular formula is C5H3F9. The highest BCUT2D eigenvalue weighted by Crippen LogP contribution is 2.45. The molecule has 0 aromatic rings. The molecule has 0 nitrogen and oxygen atoms in total. The van der Waals surface area contributed by atoms with Crippen molar-refractivity contribution in [3.8, 4) is 0 Å². The van der Waals surface area contributed by atoms with Crippen LogP contribution in [-0.4, -0.2) is 24.4 Å². The van der Waals surface area contributed by atoms with E-state index in [0.717, 1.165) is 0 Å². The minimum atomic E-state index is -5.98. The molecule has 0 heterocycles. The van der Waals surface area contributed by atoms with Gasteiger partial charge >= 0.3 is 24.4 Å². The molecule has 0 saturated heterocycles. The van der Waals surface area contributed by atoms with Crippen molar-refractivity contribution in [2.45, 2.75) is 30.9 Å². The maximum Gasteiger partial charge on any atom is 0.395 e. The Kier molecular flexibility index (Phi) is 3.34. The zero-order valence-corrected chi connectivity index (χ0v) is 6.19. The van der Waals surface area contributed by atoms with Crippen LogP contribution in [0, 0.1) is 0 Å². The number of hydrogen-bond acceptors (Lipinski definition) is 0. The molecule has 0 aromatic heterocycles. The first-order chi connectivity index (χ1) is 5.90. The van der Waals surface area contributed by atoms with E-state index in [9.17, 15) is 39.5 Å². The lowest BCUT2D eigenvalue weighted by atomic mass is 10.1. The van der Waals surface area contributed by atoms with Crippen molar-refractivity contribution in [3.05, 3.63) is 0 Å². The van der Waals surface area contributed by atoms with Crippen LogP contribution in [0.2, 0.25) is 0 Å². The first-order valence-corrected chi connectivity index (χ1v) is 3.01. The fraction of sp³-hybridized carbons (Fsp3) is 1.00. The lowest BCUT2D eigenvalue weighted by Gasteiger charge is -2.26. The molecule has 0 aliphatic heterocycles. The molecule has 0 spiro atoms. The second-order valence-corrected chi connectivity index (χ2v) is 2.42. The van der Waals surface area contributed by atoms with Gasteiger partial charge in [-0.05, 0) is 0 Å². The van der Waals surface area contributed by atoms with Crippen LogP contribution >= 0.6 is 0 Å². The standard InChI is InChI=1S/C5H3F9/c6-2(7)5(13,14)3(8,9)1-4(10,11)12/h2H,1H2. The quantitative estimate of drug-likeness (QED) is 0.656. The Bertz CT molecular complexity index is 190. The third kappa shape index (κ3) is 2.95. The number of hydrogen-bond donors (Lipinski definition) is 0. The largest absolute Gasteiger partial charge is 0.395 e. The minimum absolute atomic E-state index is 3.28. The number of alkyl halides is 9. The Balaban J connectivity index is 4.78. The summed E-state index contributed by atoms with van der Waals surface area (Å²) in [7, 11) is 0. The second-order valence-electron chi connectivity index (χ2n) is 2.42. The van der Waals surface area contributed by atoms with Gasteiger partial charge < -0.3 is 0 Å². The molecule has 0 aliphatic carbocycles. The zero-order valence-electron chi connectivity index (χ0n) is 6.19. The molecule has 0 amide bonds. The first-order valence-electron chi connectivity index (χ1n) is 3.01. The van der Waals surface area contributed by atoms with Gasteiger partial charge in [0.05, 0.1) is 0 Å². The lowest BCUT2D eigenvalue weighted by Crippen LogP contribution is -2.48. The average Bonchev–Trinajstić information content (AvgIpc) is 1.80. The summed E-state index contributed by atoms with van der Waals surface area (Å²) in [4.78, 5) is 0. The van der Waals surface area contributed by atoms with E-state index in [1.165, 1.54) is 0 Å². The number of rotatable bonds is 3. The lowest BCUT2D eigenvalue weighted by molar-refractivity contribution is -0.297. The van der Waals surface area contributed by atoms with Crippen molar-refractivity contribution < 1.29 is 39.5 Å². The third-order valence-corrected chi connectivity index (χ3v) is 1.18. The molecule has 0 fully saturated rings. The van der Waals surface area contributed by atoms with Crippen molar-refractivity contribution in [1.82, 2.24) is 0 Å². The van der Waals surface area contributed by atoms with Gasteiger partial charge in [0.25, 0.3) is 0 Å². The van der Waals surface area contributed by atoms with Crippen molar-refractivity contribution in [2.24, 2.45) is 0 Å². The molecule has 0 rings (SSSR count). The maximum absolute atomic E-state index is 12.0. The second kappa shape index (κ2) is 3.50. The summed E-state index contributed by atoms with van der Waals surface area (Å²) in [5, 5.41) is 0. The van der Waals surface area contributed by atoms with Gasteiger partial charge in [-0.3, -0.25) is 0 Å². The van der Waals surface area contributed by atoms with Gasteiger partial charge in [-0.15, -0.1) is 0 Å². The molecule has 0 unspecified atom stereocenters. The summed E-state index contributed by atoms with van der Waals surface area (Å²) in [6.07, 6.45) is -13.8. The van der Waals surface area contributed by atoms with Gasteiger partial charge in [-0.2, -0.15) is 30.7 Å². The van der Waals surface area contributed by atoms with Crippen molar-refractivity contribution >= 4 is 0 Å². The van der Waals surface area contributed by atoms with Crippen LogP contribution in [-0.2, 0) is 0 Å². The molecule has 0 aliphatic rings. The summed E-state index contributed by atoms with van der Waals surface area (Å²) in [5.41, 5.74) is 0. The van der Waals surface area contributed by atoms with Crippen LogP contribution in [0.3, 0.4) is 0 Å². The van der Waals surface area contributed by atoms with Crippen molar-refractivity contribution in [3.63, 3.8) is 0 Å². The van der Waals surface area contributed by atoms with Crippen LogP contribution < -0.4 is 0 Å². The SMILES string of the molecule is FC(F)C(F)(F)C(F)(F)CC(F)(F)F. The van der Waals surface area contributed by atoms with Gasteiger partial charge in [-0.25, -0.2) is 8.78 Å². The summed E-state index contributed by atoms with van der Waals surface area (Å²) >= 11 is 0. The Hall–Kier alpha value is -0.630. The molecule has 0 saturated carbocycles. The van der Waals surface area contributed by atoms with Gasteiger partial charge in [-0.1, -0.05) is 0 Å². The normalized spacial score (nSPS) is 15.0. The molecule has 9 heteroatoms. The predicted molar refractivity (Wildman–Crippen MR) is 26.6 cm³/mol. The van der Waals surface area contributed by atoms with E-state index in [4.69, 9.17) is 0 Å². The smallest absolute Gasteiger partial charge is 0.203 e. The van der Waals surface area contributed by atoms with E-state index in [-0.39, 0.29) is 0 Å². The van der Waals surface area contributed by atoms with E-state index in [0.29, 0.717) is 0 Å². The molecule has 0 radical (unpaired) electrons. The molecular weight excluding hydrogens is 231 g/mol. The predicted octanol–water partition coefficient (Wildman–Crippen LogP) is 3.47. The highest BCUT2D eigenvalue weighted by atomic mass is 19.4. The van der Waals surface area contributed by atoms with Crippen molar-refractivity contribution in [2.75, 3.05) is 0 Å². The highest BCUT2D eigenvalue weighted by Gasteiger charge is 2.66. The average molecular weight is 234 g/mol. The van der Waals surface area contributed by atoms with Gasteiger partial charge in [0, 0.05) is 0 Å². The van der Waals surface area contributed by atoms with E-state index < -0.39 is 30.9 Å². The van der Waals surface area contributed by atoms with Crippen LogP contribution in [0.1, 0.15) is 6.42 Å². The number of halogens is 9. The van der Waals surface area contributed by atoms with Crippen LogP contribution in [0.5, 0.6) is 0 Å². The molecule has 0 atom stereocenters. The molecule has 0 N–H and O–H groups in total. The van der Waals surface area contributed by atoms with E-state index in [1.54, 1.807) is 0 Å². The van der Waals surface area contributed by atoms with Gasteiger partial charge in [0.2, 0.25) is 0 Å². The Morgan fingerprint density at radius 1 is 0.786 bits per heavy atom. The molecule has 14 heavy (non-hydrogen) atoms. The Morgan fingerprint density at radius 3 is 1.36 bits per heavy atom. The molecule has 0 aromatic carbocycles. The summed E-state index contributed by atoms with van der Waals surface area (Å²) in [6.45, 7) is 0. The summed E-state index contributed by atoms with van der Waals surface area (Å²) < 4.78 is 104. The Labute approximate surface area is 71.7 Å². The maximum atomic E-state index is 12.0. The van der Waals surface area contributed by atoms with Gasteiger partial charge in [0.1, 0.15) is 6.42 Å². The van der Waals surface area contributed by atoms with Crippen LogP contribution in [0.25, 0.3) is 0 Å². The van der Waals surface area contributed by atoms with Crippen LogP contribution in [0.4, 0.5) is 39.5 Å². The topological polar surface area (TPSA) is 0 Å². The third-order valence-electron chi connectivity index (χ3n) is 1.18. The molecule has 0 bridgehead atoms. The van der Waals surface area contributed by atoms with E-state index in [2.05, 4.69) is 0 Å². The zero-order chi connectivity index (χ0) is 11.8. The Morgan fingerprint density at radius 2 is 1.14 bits per heavy atom. The molecule has 86 valence electrons. The van der Waals surface area contributed by atoms with Crippen molar-refractivity contribution in [1.29, 1.82) is 0 Å². The first kappa shape index (κ1) is 13.4. The van der Waals surface area contributed by atoms with Crippen LogP contribution in [0.15, 0.2) is 0 Å². The monoisotopic (exact) mass is 234 g/mol. The van der Waals surface area contributed by atoms with E-state index in [1.807, 2.05) is 0 Å². The fourth-order valence-corrected chi connectivity index (χ4v) is 0.529. The summed E-state index contributed by atoms with van der Waals surface area (Å²) in [6, 6.07) is 0.